The van der Waals surface area contributed by atoms with Crippen LogP contribution in [0.5, 0.6) is 0 Å². The van der Waals surface area contributed by atoms with E-state index in [4.69, 9.17) is 5.73 Å². The summed E-state index contributed by atoms with van der Waals surface area (Å²) in [5, 5.41) is 0. The van der Waals surface area contributed by atoms with Crippen molar-refractivity contribution < 1.29 is 0 Å². The number of hydrogen-bond acceptors (Lipinski definition) is 3. The van der Waals surface area contributed by atoms with Gasteiger partial charge >= 0.3 is 0 Å². The predicted molar refractivity (Wildman–Crippen MR) is 52.2 cm³/mol. The van der Waals surface area contributed by atoms with Crippen LogP contribution >= 0.6 is 0 Å². The van der Waals surface area contributed by atoms with Crippen LogP contribution in [0.3, 0.4) is 0 Å². The first-order valence-electron chi connectivity index (χ1n) is 4.65. The van der Waals surface area contributed by atoms with Crippen molar-refractivity contribution in [3.05, 3.63) is 30.1 Å². The van der Waals surface area contributed by atoms with E-state index in [0.717, 1.165) is 13.0 Å². The topological polar surface area (TPSA) is 42.1 Å². The molecule has 0 aromatic carbocycles. The summed E-state index contributed by atoms with van der Waals surface area (Å²) in [5.74, 6) is 0. The maximum Gasteiger partial charge on any atom is 0.0512 e. The molecule has 70 valence electrons. The smallest absolute Gasteiger partial charge is 0.0512 e. The van der Waals surface area contributed by atoms with Gasteiger partial charge in [-0.2, -0.15) is 0 Å². The maximum atomic E-state index is 6.03. The molecule has 2 atom stereocenters. The SMILES string of the molecule is CN1CCC(N)[C@H]1c1cccnc1. The standard InChI is InChI=1S/C10H15N3/c1-13-6-4-9(11)10(13)8-3-2-5-12-7-8/h2-3,5,7,9-10H,4,6,11H2,1H3/t9?,10-/m1/s1. The quantitative estimate of drug-likeness (QED) is 0.689. The lowest BCUT2D eigenvalue weighted by molar-refractivity contribution is 0.303. The molecular formula is C10H15N3. The first-order valence-corrected chi connectivity index (χ1v) is 4.65. The number of likely N-dealkylation sites (N-methyl/N-ethyl adjacent to an activating group) is 1. The zero-order valence-corrected chi connectivity index (χ0v) is 7.85. The van der Waals surface area contributed by atoms with Crippen LogP contribution in [0.15, 0.2) is 24.5 Å². The van der Waals surface area contributed by atoms with Gasteiger partial charge in [-0.05, 0) is 25.1 Å². The first-order chi connectivity index (χ1) is 6.29. The van der Waals surface area contributed by atoms with Crippen LogP contribution in [0.4, 0.5) is 0 Å². The number of pyridine rings is 1. The Morgan fingerprint density at radius 3 is 3.00 bits per heavy atom. The number of aromatic nitrogens is 1. The van der Waals surface area contributed by atoms with Gasteiger partial charge in [0.1, 0.15) is 0 Å². The number of nitrogens with zero attached hydrogens (tertiary/aromatic N) is 2. The zero-order valence-electron chi connectivity index (χ0n) is 7.85. The molecule has 2 rings (SSSR count). The Morgan fingerprint density at radius 2 is 2.46 bits per heavy atom. The minimum absolute atomic E-state index is 0.259. The van der Waals surface area contributed by atoms with E-state index in [-0.39, 0.29) is 6.04 Å². The first kappa shape index (κ1) is 8.66. The van der Waals surface area contributed by atoms with E-state index in [2.05, 4.69) is 23.0 Å². The van der Waals surface area contributed by atoms with Crippen molar-refractivity contribution in [2.75, 3.05) is 13.6 Å². The second-order valence-electron chi connectivity index (χ2n) is 3.66. The second-order valence-corrected chi connectivity index (χ2v) is 3.66. The predicted octanol–water partition coefficient (Wildman–Crippen LogP) is 0.785. The Morgan fingerprint density at radius 1 is 1.62 bits per heavy atom. The molecule has 13 heavy (non-hydrogen) atoms. The summed E-state index contributed by atoms with van der Waals surface area (Å²) in [6.07, 6.45) is 4.78. The van der Waals surface area contributed by atoms with E-state index in [9.17, 15) is 0 Å². The van der Waals surface area contributed by atoms with E-state index in [0.29, 0.717) is 6.04 Å². The molecule has 0 amide bonds. The molecule has 0 radical (unpaired) electrons. The Balaban J connectivity index is 2.25. The highest BCUT2D eigenvalue weighted by Gasteiger charge is 2.29. The van der Waals surface area contributed by atoms with Crippen LogP contribution < -0.4 is 5.73 Å². The average molecular weight is 177 g/mol. The van der Waals surface area contributed by atoms with Crippen LogP contribution in [0.25, 0.3) is 0 Å². The number of likely N-dealkylation sites (tertiary alicyclic amines) is 1. The lowest BCUT2D eigenvalue weighted by atomic mass is 10.0. The summed E-state index contributed by atoms with van der Waals surface area (Å²) < 4.78 is 0. The van der Waals surface area contributed by atoms with Crippen molar-refractivity contribution in [2.45, 2.75) is 18.5 Å². The van der Waals surface area contributed by atoms with Gasteiger partial charge in [0.25, 0.3) is 0 Å². The molecule has 3 heteroatoms. The van der Waals surface area contributed by atoms with Gasteiger partial charge in [-0.15, -0.1) is 0 Å². The molecule has 1 aliphatic heterocycles. The summed E-state index contributed by atoms with van der Waals surface area (Å²) in [7, 11) is 2.12. The van der Waals surface area contributed by atoms with Gasteiger partial charge in [-0.3, -0.25) is 9.88 Å². The fourth-order valence-corrected chi connectivity index (χ4v) is 2.03. The highest BCUT2D eigenvalue weighted by Crippen LogP contribution is 2.28. The largest absolute Gasteiger partial charge is 0.326 e. The highest BCUT2D eigenvalue weighted by molar-refractivity contribution is 5.17. The normalized spacial score (nSPS) is 29.4. The fourth-order valence-electron chi connectivity index (χ4n) is 2.03. The molecule has 1 aromatic heterocycles. The summed E-state index contributed by atoms with van der Waals surface area (Å²) in [6, 6.07) is 4.68. The third-order valence-electron chi connectivity index (χ3n) is 2.72. The summed E-state index contributed by atoms with van der Waals surface area (Å²) in [4.78, 5) is 6.41. The van der Waals surface area contributed by atoms with Gasteiger partial charge < -0.3 is 5.73 Å². The van der Waals surface area contributed by atoms with Gasteiger partial charge in [-0.1, -0.05) is 6.07 Å². The van der Waals surface area contributed by atoms with Crippen LogP contribution in [0, 0.1) is 0 Å². The average Bonchev–Trinajstić information content (AvgIpc) is 2.48. The molecular weight excluding hydrogens is 162 g/mol. The molecule has 1 unspecified atom stereocenters. The second kappa shape index (κ2) is 3.44. The third-order valence-corrected chi connectivity index (χ3v) is 2.72. The lowest BCUT2D eigenvalue weighted by Gasteiger charge is -2.22. The van der Waals surface area contributed by atoms with Crippen molar-refractivity contribution in [1.29, 1.82) is 0 Å². The summed E-state index contributed by atoms with van der Waals surface area (Å²) >= 11 is 0. The van der Waals surface area contributed by atoms with Gasteiger partial charge in [0, 0.05) is 25.0 Å². The molecule has 1 fully saturated rings. The van der Waals surface area contributed by atoms with Crippen LogP contribution in [0.2, 0.25) is 0 Å². The minimum Gasteiger partial charge on any atom is -0.326 e. The highest BCUT2D eigenvalue weighted by atomic mass is 15.2. The van der Waals surface area contributed by atoms with Gasteiger partial charge in [0.2, 0.25) is 0 Å². The van der Waals surface area contributed by atoms with Crippen molar-refractivity contribution in [2.24, 2.45) is 5.73 Å². The summed E-state index contributed by atoms with van der Waals surface area (Å²) in [6.45, 7) is 1.08. The van der Waals surface area contributed by atoms with E-state index < -0.39 is 0 Å². The van der Waals surface area contributed by atoms with E-state index >= 15 is 0 Å². The van der Waals surface area contributed by atoms with Crippen LogP contribution in [0.1, 0.15) is 18.0 Å². The van der Waals surface area contributed by atoms with E-state index in [1.54, 1.807) is 6.20 Å². The van der Waals surface area contributed by atoms with E-state index in [1.165, 1.54) is 5.56 Å². The fraction of sp³-hybridized carbons (Fsp3) is 0.500. The Kier molecular flexibility index (Phi) is 2.29. The molecule has 0 spiro atoms. The van der Waals surface area contributed by atoms with Crippen molar-refractivity contribution in [3.8, 4) is 0 Å². The van der Waals surface area contributed by atoms with Crippen molar-refractivity contribution in [3.63, 3.8) is 0 Å². The van der Waals surface area contributed by atoms with Crippen molar-refractivity contribution in [1.82, 2.24) is 9.88 Å². The molecule has 0 saturated carbocycles. The Hall–Kier alpha value is -0.930. The minimum atomic E-state index is 0.259. The third kappa shape index (κ3) is 1.57. The van der Waals surface area contributed by atoms with Gasteiger partial charge in [0.15, 0.2) is 0 Å². The van der Waals surface area contributed by atoms with Crippen LogP contribution in [-0.2, 0) is 0 Å². The van der Waals surface area contributed by atoms with Crippen molar-refractivity contribution >= 4 is 0 Å². The molecule has 2 N–H and O–H groups in total. The molecule has 1 aliphatic rings. The monoisotopic (exact) mass is 177 g/mol. The summed E-state index contributed by atoms with van der Waals surface area (Å²) in [5.41, 5.74) is 7.26. The number of rotatable bonds is 1. The van der Waals surface area contributed by atoms with Gasteiger partial charge in [0.05, 0.1) is 6.04 Å². The van der Waals surface area contributed by atoms with E-state index in [1.807, 2.05) is 12.3 Å². The molecule has 1 saturated heterocycles. The Labute approximate surface area is 78.6 Å². The van der Waals surface area contributed by atoms with Crippen LogP contribution in [-0.4, -0.2) is 29.5 Å². The lowest BCUT2D eigenvalue weighted by Crippen LogP contribution is -2.29. The van der Waals surface area contributed by atoms with Gasteiger partial charge in [-0.25, -0.2) is 0 Å². The Bertz CT molecular complexity index is 263. The molecule has 1 aromatic rings. The maximum absolute atomic E-state index is 6.03. The number of nitrogens with two attached hydrogens (primary N) is 1. The molecule has 0 aliphatic carbocycles. The molecule has 3 nitrogen and oxygen atoms in total. The molecule has 2 heterocycles. The number of hydrogen-bond donors (Lipinski definition) is 1. The molecule has 0 bridgehead atoms. The zero-order chi connectivity index (χ0) is 9.26.